The Morgan fingerprint density at radius 3 is 2.51 bits per heavy atom. The molecule has 1 saturated carbocycles. The van der Waals surface area contributed by atoms with Crippen LogP contribution in [0.2, 0.25) is 0 Å². The Morgan fingerprint density at radius 2 is 1.86 bits per heavy atom. The number of nitrogens with two attached hydrogens (primary N) is 5. The highest BCUT2D eigenvalue weighted by Gasteiger charge is 2.51. The molecular weight excluding hydrogens is 468 g/mol. The highest BCUT2D eigenvalue weighted by atomic mass is 16.7. The molecule has 3 aliphatic rings. The van der Waals surface area contributed by atoms with Gasteiger partial charge in [0.05, 0.1) is 43.0 Å². The van der Waals surface area contributed by atoms with E-state index in [1.165, 1.54) is 6.92 Å². The summed E-state index contributed by atoms with van der Waals surface area (Å²) in [6, 6.07) is -3.66. The van der Waals surface area contributed by atoms with E-state index in [0.717, 1.165) is 0 Å². The van der Waals surface area contributed by atoms with Gasteiger partial charge in [0.25, 0.3) is 5.91 Å². The van der Waals surface area contributed by atoms with E-state index in [-0.39, 0.29) is 19.6 Å². The summed E-state index contributed by atoms with van der Waals surface area (Å²) < 4.78 is 22.8. The summed E-state index contributed by atoms with van der Waals surface area (Å²) in [5.41, 5.74) is 28.2. The van der Waals surface area contributed by atoms with Crippen LogP contribution in [0.3, 0.4) is 0 Å². The Bertz CT molecular complexity index is 721. The van der Waals surface area contributed by atoms with E-state index in [9.17, 15) is 25.2 Å². The van der Waals surface area contributed by atoms with E-state index < -0.39 is 85.0 Å². The minimum atomic E-state index is -1.53. The first-order valence-electron chi connectivity index (χ1n) is 11.7. The van der Waals surface area contributed by atoms with Crippen molar-refractivity contribution >= 4 is 5.91 Å². The summed E-state index contributed by atoms with van der Waals surface area (Å²) in [6.07, 6.45) is -7.97. The first-order valence-corrected chi connectivity index (χ1v) is 11.7. The molecule has 1 unspecified atom stereocenters. The van der Waals surface area contributed by atoms with Crippen LogP contribution in [0.5, 0.6) is 0 Å². The summed E-state index contributed by atoms with van der Waals surface area (Å²) >= 11 is 0. The van der Waals surface area contributed by atoms with Crippen molar-refractivity contribution in [2.75, 3.05) is 13.2 Å². The maximum atomic E-state index is 12.5. The number of hydrogen-bond donors (Lipinski definition) is 10. The second-order valence-electron chi connectivity index (χ2n) is 9.78. The van der Waals surface area contributed by atoms with Gasteiger partial charge < -0.3 is 73.4 Å². The molecule has 3 rings (SSSR count). The van der Waals surface area contributed by atoms with Crippen molar-refractivity contribution in [1.29, 1.82) is 0 Å². The zero-order valence-corrected chi connectivity index (χ0v) is 19.7. The lowest BCUT2D eigenvalue weighted by molar-refractivity contribution is -0.297. The first-order chi connectivity index (χ1) is 16.4. The molecule has 204 valence electrons. The predicted molar refractivity (Wildman–Crippen MR) is 120 cm³/mol. The molecule has 35 heavy (non-hydrogen) atoms. The van der Waals surface area contributed by atoms with Crippen molar-refractivity contribution < 1.29 is 44.2 Å². The predicted octanol–water partition coefficient (Wildman–Crippen LogP) is -5.80. The first kappa shape index (κ1) is 28.5. The Balaban J connectivity index is 1.78. The number of carbonyl (C=O) groups excluding carboxylic acids is 1. The van der Waals surface area contributed by atoms with Crippen LogP contribution in [-0.4, -0.2) is 119 Å². The third-order valence-corrected chi connectivity index (χ3v) is 6.83. The largest absolute Gasteiger partial charge is 0.390 e. The zero-order chi connectivity index (χ0) is 26.1. The number of ether oxygens (including phenoxy) is 4. The molecule has 15 N–H and O–H groups in total. The molecule has 0 bridgehead atoms. The molecular formula is C20H40N6O9. The van der Waals surface area contributed by atoms with Crippen molar-refractivity contribution in [3.05, 3.63) is 0 Å². The summed E-state index contributed by atoms with van der Waals surface area (Å²) in [5, 5.41) is 44.1. The van der Waals surface area contributed by atoms with Crippen LogP contribution >= 0.6 is 0 Å². The third-order valence-electron chi connectivity index (χ3n) is 6.83. The van der Waals surface area contributed by atoms with Gasteiger partial charge in [-0.2, -0.15) is 0 Å². The van der Waals surface area contributed by atoms with Crippen LogP contribution in [0.4, 0.5) is 0 Å². The summed E-state index contributed by atoms with van der Waals surface area (Å²) in [4.78, 5) is 12.5. The second-order valence-corrected chi connectivity index (χ2v) is 9.78. The van der Waals surface area contributed by atoms with Gasteiger partial charge in [-0.25, -0.2) is 0 Å². The standard InChI is InChI=1S/C20H40N6O9/c1-20(31)6-32-19(14(29)16(20)25)35-15-8(27)4-10(33-18-7(22)2-3-11(23)34-18)12(24)13(15)26-17(30)9(28)5-21/h7-16,18-19,27-29,31H,2-6,21-25H2,1H3,(H,26,30)/t7-,8-,9?,10-,11+,12+,13-,14+,15+,16-,18-,19+,20+/m0/s1. The molecule has 15 heteroatoms. The zero-order valence-electron chi connectivity index (χ0n) is 19.7. The van der Waals surface area contributed by atoms with E-state index in [2.05, 4.69) is 5.32 Å². The molecule has 0 spiro atoms. The minimum Gasteiger partial charge on any atom is -0.390 e. The number of aliphatic hydroxyl groups excluding tert-OH is 3. The fraction of sp³-hybridized carbons (Fsp3) is 0.950. The smallest absolute Gasteiger partial charge is 0.250 e. The minimum absolute atomic E-state index is 0.0357. The molecule has 13 atom stereocenters. The van der Waals surface area contributed by atoms with Gasteiger partial charge in [-0.15, -0.1) is 0 Å². The maximum Gasteiger partial charge on any atom is 0.250 e. The summed E-state index contributed by atoms with van der Waals surface area (Å²) in [6.45, 7) is 0.820. The fourth-order valence-corrected chi connectivity index (χ4v) is 4.48. The number of carbonyl (C=O) groups is 1. The molecule has 3 fully saturated rings. The van der Waals surface area contributed by atoms with Crippen LogP contribution in [0.1, 0.15) is 26.2 Å². The van der Waals surface area contributed by atoms with Gasteiger partial charge in [0, 0.05) is 13.0 Å². The summed E-state index contributed by atoms with van der Waals surface area (Å²) in [7, 11) is 0. The molecule has 0 aromatic heterocycles. The Labute approximate surface area is 203 Å². The van der Waals surface area contributed by atoms with E-state index >= 15 is 0 Å². The Hall–Kier alpha value is -1.05. The fourth-order valence-electron chi connectivity index (χ4n) is 4.48. The van der Waals surface area contributed by atoms with Crippen LogP contribution in [0.25, 0.3) is 0 Å². The van der Waals surface area contributed by atoms with E-state index in [0.29, 0.717) is 12.8 Å². The second kappa shape index (κ2) is 11.6. The van der Waals surface area contributed by atoms with E-state index in [1.807, 2.05) is 0 Å². The van der Waals surface area contributed by atoms with Gasteiger partial charge in [0.15, 0.2) is 12.6 Å². The van der Waals surface area contributed by atoms with Gasteiger partial charge in [0.2, 0.25) is 0 Å². The number of rotatable bonds is 7. The van der Waals surface area contributed by atoms with Crippen molar-refractivity contribution in [3.63, 3.8) is 0 Å². The number of aliphatic hydroxyl groups is 4. The van der Waals surface area contributed by atoms with E-state index in [1.54, 1.807) is 0 Å². The number of hydrogen-bond acceptors (Lipinski definition) is 14. The molecule has 0 aromatic rings. The van der Waals surface area contributed by atoms with Crippen molar-refractivity contribution in [1.82, 2.24) is 5.32 Å². The molecule has 1 amide bonds. The molecule has 2 saturated heterocycles. The Morgan fingerprint density at radius 1 is 1.17 bits per heavy atom. The van der Waals surface area contributed by atoms with Gasteiger partial charge >= 0.3 is 0 Å². The average Bonchev–Trinajstić information content (AvgIpc) is 2.81. The van der Waals surface area contributed by atoms with Crippen LogP contribution in [-0.2, 0) is 23.7 Å². The van der Waals surface area contributed by atoms with Gasteiger partial charge in [-0.1, -0.05) is 0 Å². The highest BCUT2D eigenvalue weighted by Crippen LogP contribution is 2.31. The topological polar surface area (TPSA) is 277 Å². The average molecular weight is 509 g/mol. The van der Waals surface area contributed by atoms with Crippen molar-refractivity contribution in [2.24, 2.45) is 28.7 Å². The SMILES string of the molecule is C[C@@]1(O)CO[C@H](O[C@H]2[C@@H](NC(=O)C(O)CN)[C@H](N)[C@@H](O[C@H]3O[C@@H](N)CC[C@@H]3N)C[C@@H]2O)[C@H](O)[C@@H]1N. The van der Waals surface area contributed by atoms with E-state index in [4.69, 9.17) is 47.6 Å². The highest BCUT2D eigenvalue weighted by molar-refractivity contribution is 5.81. The monoisotopic (exact) mass is 508 g/mol. The quantitative estimate of drug-likeness (QED) is 0.153. The molecule has 2 aliphatic heterocycles. The lowest BCUT2D eigenvalue weighted by Crippen LogP contribution is -2.70. The molecule has 15 nitrogen and oxygen atoms in total. The normalized spacial score (nSPS) is 47.8. The van der Waals surface area contributed by atoms with Crippen molar-refractivity contribution in [2.45, 2.75) is 105 Å². The molecule has 0 radical (unpaired) electrons. The molecule has 0 aromatic carbocycles. The van der Waals surface area contributed by atoms with Gasteiger partial charge in [-0.3, -0.25) is 4.79 Å². The van der Waals surface area contributed by atoms with Gasteiger partial charge in [-0.05, 0) is 19.8 Å². The lowest BCUT2D eigenvalue weighted by atomic mass is 9.83. The van der Waals surface area contributed by atoms with Crippen LogP contribution in [0.15, 0.2) is 0 Å². The van der Waals surface area contributed by atoms with Crippen LogP contribution in [0, 0.1) is 0 Å². The maximum absolute atomic E-state index is 12.5. The lowest BCUT2D eigenvalue weighted by Gasteiger charge is -2.48. The van der Waals surface area contributed by atoms with Crippen LogP contribution < -0.4 is 34.0 Å². The molecule has 2 heterocycles. The Kier molecular flexibility index (Phi) is 9.42. The van der Waals surface area contributed by atoms with Crippen molar-refractivity contribution in [3.8, 4) is 0 Å². The third kappa shape index (κ3) is 6.45. The molecule has 1 aliphatic carbocycles. The van der Waals surface area contributed by atoms with Gasteiger partial charge in [0.1, 0.15) is 30.1 Å². The summed E-state index contributed by atoms with van der Waals surface area (Å²) in [5.74, 6) is -0.841. The number of nitrogens with one attached hydrogen (secondary N) is 1. The number of amides is 1.